The standard InChI is InChI=1S/C70H54/c1-70(2,3)61-42-43-64-67(48-61)69(58-40-36-52(37-41-58)60-31-19-21-50(45-60)47-66(55-26-12-6-13-27-55)56-28-14-7-15-29-56)63-33-17-16-32-62(63)68(64)57-38-34-51(35-39-57)59-30-18-20-49(44-59)46-65(53-22-8-4-9-23-53)54-24-10-5-11-25-54/h4-48H,1-3H3. The second-order valence-corrected chi connectivity index (χ2v) is 19.3. The minimum absolute atomic E-state index is 0.0180. The maximum Gasteiger partial charge on any atom is -0.00263 e. The van der Waals surface area contributed by atoms with E-state index in [1.165, 1.54) is 116 Å². The van der Waals surface area contributed by atoms with Crippen molar-refractivity contribution in [1.82, 2.24) is 0 Å². The Bertz CT molecular complexity index is 3580. The fourth-order valence-electron chi connectivity index (χ4n) is 10.0. The van der Waals surface area contributed by atoms with E-state index in [-0.39, 0.29) is 5.41 Å². The minimum Gasteiger partial charge on any atom is -0.0622 e. The highest BCUT2D eigenvalue weighted by atomic mass is 14.2. The second-order valence-electron chi connectivity index (χ2n) is 19.3. The molecule has 0 saturated heterocycles. The summed E-state index contributed by atoms with van der Waals surface area (Å²) in [5.41, 5.74) is 20.6. The maximum atomic E-state index is 2.45. The highest BCUT2D eigenvalue weighted by Gasteiger charge is 2.21. The van der Waals surface area contributed by atoms with Crippen LogP contribution in [-0.4, -0.2) is 0 Å². The molecule has 0 heteroatoms. The van der Waals surface area contributed by atoms with Gasteiger partial charge in [0.15, 0.2) is 0 Å². The summed E-state index contributed by atoms with van der Waals surface area (Å²) < 4.78 is 0. The molecule has 0 aliphatic heterocycles. The van der Waals surface area contributed by atoms with E-state index in [0.29, 0.717) is 0 Å². The first-order chi connectivity index (χ1) is 34.3. The fraction of sp³-hybridized carbons (Fsp3) is 0.0571. The molecule has 0 atom stereocenters. The van der Waals surface area contributed by atoms with Crippen LogP contribution in [0.15, 0.2) is 261 Å². The molecule has 0 aliphatic carbocycles. The van der Waals surface area contributed by atoms with E-state index in [2.05, 4.69) is 294 Å². The third-order valence-corrected chi connectivity index (χ3v) is 13.6. The molecule has 0 N–H and O–H groups in total. The summed E-state index contributed by atoms with van der Waals surface area (Å²) in [6.07, 6.45) is 4.62. The number of hydrogen-bond donors (Lipinski definition) is 0. The van der Waals surface area contributed by atoms with Crippen LogP contribution in [0.5, 0.6) is 0 Å². The lowest BCUT2D eigenvalue weighted by Crippen LogP contribution is -2.10. The average molecular weight is 895 g/mol. The lowest BCUT2D eigenvalue weighted by molar-refractivity contribution is 0.591. The van der Waals surface area contributed by atoms with Gasteiger partial charge < -0.3 is 0 Å². The van der Waals surface area contributed by atoms with Gasteiger partial charge in [-0.2, -0.15) is 0 Å². The Morgan fingerprint density at radius 2 is 0.614 bits per heavy atom. The number of benzene rings is 11. The Hall–Kier alpha value is -8.58. The second kappa shape index (κ2) is 19.2. The molecule has 11 rings (SSSR count). The SMILES string of the molecule is CC(C)(C)c1ccc2c(-c3ccc(-c4cccc(C=C(c5ccccc5)c5ccccc5)c4)cc3)c3ccccc3c(-c3ccc(-c4cccc(C=C(c5ccccc5)c5ccccc5)c4)cc3)c2c1. The molecule has 0 radical (unpaired) electrons. The van der Waals surface area contributed by atoms with Gasteiger partial charge in [-0.3, -0.25) is 0 Å². The first-order valence-corrected chi connectivity index (χ1v) is 24.4. The zero-order valence-electron chi connectivity index (χ0n) is 40.0. The summed E-state index contributed by atoms with van der Waals surface area (Å²) in [6, 6.07) is 95.1. The first-order valence-electron chi connectivity index (χ1n) is 24.4. The number of fused-ring (bicyclic) bond motifs is 2. The van der Waals surface area contributed by atoms with Crippen molar-refractivity contribution in [1.29, 1.82) is 0 Å². The average Bonchev–Trinajstić information content (AvgIpc) is 3.42. The van der Waals surface area contributed by atoms with Gasteiger partial charge >= 0.3 is 0 Å². The van der Waals surface area contributed by atoms with Gasteiger partial charge in [-0.15, -0.1) is 0 Å². The first kappa shape index (κ1) is 44.0. The van der Waals surface area contributed by atoms with Crippen LogP contribution in [0.3, 0.4) is 0 Å². The van der Waals surface area contributed by atoms with Crippen molar-refractivity contribution in [2.75, 3.05) is 0 Å². The van der Waals surface area contributed by atoms with Crippen LogP contribution >= 0.6 is 0 Å². The molecule has 0 fully saturated rings. The molecule has 0 aliphatic rings. The third-order valence-electron chi connectivity index (χ3n) is 13.6. The van der Waals surface area contributed by atoms with Gasteiger partial charge in [0.1, 0.15) is 0 Å². The van der Waals surface area contributed by atoms with Crippen LogP contribution in [0, 0.1) is 0 Å². The molecule has 11 aromatic carbocycles. The summed E-state index contributed by atoms with van der Waals surface area (Å²) in [6.45, 7) is 6.93. The molecule has 0 nitrogen and oxygen atoms in total. The number of rotatable bonds is 10. The predicted octanol–water partition coefficient (Wildman–Crippen LogP) is 19.1. The summed E-state index contributed by atoms with van der Waals surface area (Å²) in [4.78, 5) is 0. The van der Waals surface area contributed by atoms with Crippen molar-refractivity contribution in [3.8, 4) is 44.5 Å². The Morgan fingerprint density at radius 3 is 1.00 bits per heavy atom. The normalized spacial score (nSPS) is 11.4. The molecule has 70 heavy (non-hydrogen) atoms. The molecular weight excluding hydrogens is 841 g/mol. The summed E-state index contributed by atoms with van der Waals surface area (Å²) in [7, 11) is 0. The minimum atomic E-state index is -0.0180. The van der Waals surface area contributed by atoms with Crippen LogP contribution in [0.25, 0.3) is 89.4 Å². The lowest BCUT2D eigenvalue weighted by atomic mass is 9.81. The Balaban J connectivity index is 0.971. The van der Waals surface area contributed by atoms with Crippen molar-refractivity contribution in [2.45, 2.75) is 26.2 Å². The molecule has 0 bridgehead atoms. The summed E-state index contributed by atoms with van der Waals surface area (Å²) in [5, 5.41) is 5.03. The largest absolute Gasteiger partial charge is 0.0622 e. The molecular formula is C70H54. The smallest absolute Gasteiger partial charge is 0.00263 e. The van der Waals surface area contributed by atoms with Gasteiger partial charge in [0.2, 0.25) is 0 Å². The Morgan fingerprint density at radius 1 is 0.271 bits per heavy atom. The van der Waals surface area contributed by atoms with Gasteiger partial charge in [-0.1, -0.05) is 263 Å². The quantitative estimate of drug-likeness (QED) is 0.0948. The maximum absolute atomic E-state index is 2.45. The van der Waals surface area contributed by atoms with Crippen molar-refractivity contribution >= 4 is 44.8 Å². The van der Waals surface area contributed by atoms with Gasteiger partial charge in [-0.25, -0.2) is 0 Å². The predicted molar refractivity (Wildman–Crippen MR) is 302 cm³/mol. The molecule has 0 saturated carbocycles. The van der Waals surface area contributed by atoms with Crippen LogP contribution in [0.4, 0.5) is 0 Å². The van der Waals surface area contributed by atoms with E-state index in [9.17, 15) is 0 Å². The van der Waals surface area contributed by atoms with E-state index in [1.807, 2.05) is 0 Å². The molecule has 334 valence electrons. The van der Waals surface area contributed by atoms with Crippen LogP contribution in [0.1, 0.15) is 59.7 Å². The molecule has 11 aromatic rings. The highest BCUT2D eigenvalue weighted by Crippen LogP contribution is 2.45. The van der Waals surface area contributed by atoms with Crippen molar-refractivity contribution < 1.29 is 0 Å². The van der Waals surface area contributed by atoms with Crippen LogP contribution in [-0.2, 0) is 5.41 Å². The molecule has 0 amide bonds. The summed E-state index contributed by atoms with van der Waals surface area (Å²) in [5.74, 6) is 0. The highest BCUT2D eigenvalue weighted by molar-refractivity contribution is 6.21. The van der Waals surface area contributed by atoms with Crippen LogP contribution < -0.4 is 0 Å². The van der Waals surface area contributed by atoms with E-state index >= 15 is 0 Å². The van der Waals surface area contributed by atoms with Gasteiger partial charge in [0.25, 0.3) is 0 Å². The Labute approximate surface area is 413 Å². The number of hydrogen-bond acceptors (Lipinski definition) is 0. The van der Waals surface area contributed by atoms with E-state index in [1.54, 1.807) is 0 Å². The van der Waals surface area contributed by atoms with E-state index in [0.717, 1.165) is 0 Å². The van der Waals surface area contributed by atoms with Crippen molar-refractivity contribution in [3.63, 3.8) is 0 Å². The monoisotopic (exact) mass is 894 g/mol. The van der Waals surface area contributed by atoms with Gasteiger partial charge in [0.05, 0.1) is 0 Å². The molecule has 0 aromatic heterocycles. The summed E-state index contributed by atoms with van der Waals surface area (Å²) >= 11 is 0. The Kier molecular flexibility index (Phi) is 12.1. The van der Waals surface area contributed by atoms with Crippen molar-refractivity contribution in [2.24, 2.45) is 0 Å². The lowest BCUT2D eigenvalue weighted by Gasteiger charge is -2.23. The van der Waals surface area contributed by atoms with E-state index < -0.39 is 0 Å². The van der Waals surface area contributed by atoms with E-state index in [4.69, 9.17) is 0 Å². The zero-order chi connectivity index (χ0) is 47.4. The van der Waals surface area contributed by atoms with Gasteiger partial charge in [-0.05, 0) is 152 Å². The van der Waals surface area contributed by atoms with Gasteiger partial charge in [0, 0.05) is 0 Å². The topological polar surface area (TPSA) is 0 Å². The molecule has 0 spiro atoms. The van der Waals surface area contributed by atoms with Crippen molar-refractivity contribution in [3.05, 3.63) is 300 Å². The third kappa shape index (κ3) is 9.08. The molecule has 0 unspecified atom stereocenters. The van der Waals surface area contributed by atoms with Crippen LogP contribution in [0.2, 0.25) is 0 Å². The zero-order valence-corrected chi connectivity index (χ0v) is 40.0. The molecule has 0 heterocycles. The fourth-order valence-corrected chi connectivity index (χ4v) is 10.0.